The zero-order chi connectivity index (χ0) is 24.0. The Morgan fingerprint density at radius 2 is 1.57 bits per heavy atom. The monoisotopic (exact) mass is 470 g/mol. The summed E-state index contributed by atoms with van der Waals surface area (Å²) in [6.07, 6.45) is 1.49. The van der Waals surface area contributed by atoms with Gasteiger partial charge in [-0.1, -0.05) is 30.3 Å². The molecule has 0 bridgehead atoms. The first kappa shape index (κ1) is 22.7. The highest BCUT2D eigenvalue weighted by Crippen LogP contribution is 2.23. The Morgan fingerprint density at radius 1 is 0.886 bits per heavy atom. The number of benzene rings is 3. The van der Waals surface area contributed by atoms with Crippen molar-refractivity contribution in [2.75, 3.05) is 39.4 Å². The minimum Gasteiger partial charge on any atom is -0.490 e. The Bertz CT molecular complexity index is 1360. The van der Waals surface area contributed by atoms with Crippen molar-refractivity contribution in [2.45, 2.75) is 0 Å². The van der Waals surface area contributed by atoms with Crippen LogP contribution in [0.15, 0.2) is 88.3 Å². The van der Waals surface area contributed by atoms with Gasteiger partial charge in [-0.15, -0.1) is 0 Å². The summed E-state index contributed by atoms with van der Waals surface area (Å²) >= 11 is 0. The zero-order valence-corrected chi connectivity index (χ0v) is 19.2. The van der Waals surface area contributed by atoms with Gasteiger partial charge in [-0.3, -0.25) is 9.59 Å². The standard InChI is InChI=1S/C28H26N2O5/c31-27-24-11-10-23(18-26(24)35-19-25(27)20-4-2-1-3-5-20)34-17-16-33-22-8-6-21(7-9-22)28(32)30-14-12-29-13-15-30/h1-11,18-19,29H,12-17H2. The fourth-order valence-corrected chi connectivity index (χ4v) is 4.08. The number of piperazine rings is 1. The van der Waals surface area contributed by atoms with Crippen molar-refractivity contribution >= 4 is 16.9 Å². The Kier molecular flexibility index (Phi) is 6.77. The van der Waals surface area contributed by atoms with Gasteiger partial charge in [0.15, 0.2) is 5.43 Å². The van der Waals surface area contributed by atoms with Gasteiger partial charge in [0.2, 0.25) is 0 Å². The van der Waals surface area contributed by atoms with Crippen LogP contribution in [0, 0.1) is 0 Å². The maximum absolute atomic E-state index is 12.9. The third kappa shape index (κ3) is 5.20. The first-order valence-electron chi connectivity index (χ1n) is 11.7. The molecule has 1 aliphatic heterocycles. The molecule has 0 spiro atoms. The van der Waals surface area contributed by atoms with E-state index >= 15 is 0 Å². The predicted octanol–water partition coefficient (Wildman–Crippen LogP) is 3.96. The quantitative estimate of drug-likeness (QED) is 0.412. The molecule has 1 N–H and O–H groups in total. The van der Waals surface area contributed by atoms with Crippen LogP contribution >= 0.6 is 0 Å². The average molecular weight is 471 g/mol. The normalized spacial score (nSPS) is 13.5. The summed E-state index contributed by atoms with van der Waals surface area (Å²) in [5, 5.41) is 3.75. The molecule has 0 aliphatic carbocycles. The van der Waals surface area contributed by atoms with Crippen LogP contribution in [0.5, 0.6) is 11.5 Å². The lowest BCUT2D eigenvalue weighted by Crippen LogP contribution is -2.46. The van der Waals surface area contributed by atoms with E-state index in [0.29, 0.717) is 46.8 Å². The Labute approximate surface area is 202 Å². The molecule has 4 aromatic rings. The molecular formula is C28H26N2O5. The minimum absolute atomic E-state index is 0.0419. The average Bonchev–Trinajstić information content (AvgIpc) is 2.92. The van der Waals surface area contributed by atoms with Crippen LogP contribution in [0.4, 0.5) is 0 Å². The van der Waals surface area contributed by atoms with Gasteiger partial charge in [0, 0.05) is 37.8 Å². The number of rotatable bonds is 7. The summed E-state index contributed by atoms with van der Waals surface area (Å²) in [5.74, 6) is 1.30. The van der Waals surface area contributed by atoms with E-state index in [9.17, 15) is 9.59 Å². The second-order valence-corrected chi connectivity index (χ2v) is 8.27. The second kappa shape index (κ2) is 10.4. The lowest BCUT2D eigenvalue weighted by molar-refractivity contribution is 0.0735. The van der Waals surface area contributed by atoms with Gasteiger partial charge < -0.3 is 24.1 Å². The molecule has 1 saturated heterocycles. The lowest BCUT2D eigenvalue weighted by atomic mass is 10.1. The number of carbonyl (C=O) groups is 1. The molecule has 1 aromatic heterocycles. The van der Waals surface area contributed by atoms with Crippen LogP contribution in [0.3, 0.4) is 0 Å². The number of ether oxygens (including phenoxy) is 2. The first-order chi connectivity index (χ1) is 17.2. The number of carbonyl (C=O) groups excluding carboxylic acids is 1. The molecule has 2 heterocycles. The maximum Gasteiger partial charge on any atom is 0.253 e. The fraction of sp³-hybridized carbons (Fsp3) is 0.214. The topological polar surface area (TPSA) is 81.0 Å². The third-order valence-electron chi connectivity index (χ3n) is 5.96. The summed E-state index contributed by atoms with van der Waals surface area (Å²) in [6, 6.07) is 21.8. The second-order valence-electron chi connectivity index (χ2n) is 8.27. The number of fused-ring (bicyclic) bond motifs is 1. The molecule has 3 aromatic carbocycles. The van der Waals surface area contributed by atoms with Crippen LogP contribution < -0.4 is 20.2 Å². The van der Waals surface area contributed by atoms with Crippen molar-refractivity contribution in [2.24, 2.45) is 0 Å². The molecule has 0 atom stereocenters. The van der Waals surface area contributed by atoms with Gasteiger partial charge in [0.05, 0.1) is 10.9 Å². The summed E-state index contributed by atoms with van der Waals surface area (Å²) in [6.45, 7) is 3.75. The SMILES string of the molecule is O=C(c1ccc(OCCOc2ccc3c(=O)c(-c4ccccc4)coc3c2)cc1)N1CCNCC1. The van der Waals surface area contributed by atoms with Crippen LogP contribution in [0.2, 0.25) is 0 Å². The molecule has 0 radical (unpaired) electrons. The first-order valence-corrected chi connectivity index (χ1v) is 11.7. The van der Waals surface area contributed by atoms with E-state index in [0.717, 1.165) is 31.7 Å². The highest BCUT2D eigenvalue weighted by atomic mass is 16.5. The summed E-state index contributed by atoms with van der Waals surface area (Å²) in [7, 11) is 0. The molecule has 7 nitrogen and oxygen atoms in total. The molecule has 35 heavy (non-hydrogen) atoms. The highest BCUT2D eigenvalue weighted by Gasteiger charge is 2.17. The Hall–Kier alpha value is -4.10. The largest absolute Gasteiger partial charge is 0.490 e. The molecule has 0 unspecified atom stereocenters. The van der Waals surface area contributed by atoms with E-state index < -0.39 is 0 Å². The van der Waals surface area contributed by atoms with Crippen molar-refractivity contribution in [3.63, 3.8) is 0 Å². The molecule has 7 heteroatoms. The van der Waals surface area contributed by atoms with Crippen LogP contribution in [-0.2, 0) is 0 Å². The number of hydrogen-bond donors (Lipinski definition) is 1. The predicted molar refractivity (Wildman–Crippen MR) is 134 cm³/mol. The molecule has 1 fully saturated rings. The van der Waals surface area contributed by atoms with E-state index in [4.69, 9.17) is 13.9 Å². The molecular weight excluding hydrogens is 444 g/mol. The van der Waals surface area contributed by atoms with Crippen molar-refractivity contribution in [1.82, 2.24) is 10.2 Å². The van der Waals surface area contributed by atoms with Crippen molar-refractivity contribution in [3.8, 4) is 22.6 Å². The lowest BCUT2D eigenvalue weighted by Gasteiger charge is -2.27. The molecule has 1 amide bonds. The van der Waals surface area contributed by atoms with Crippen molar-refractivity contribution in [1.29, 1.82) is 0 Å². The number of nitrogens with zero attached hydrogens (tertiary/aromatic N) is 1. The van der Waals surface area contributed by atoms with E-state index in [1.165, 1.54) is 6.26 Å². The smallest absolute Gasteiger partial charge is 0.253 e. The van der Waals surface area contributed by atoms with Crippen LogP contribution in [-0.4, -0.2) is 50.2 Å². The number of amides is 1. The van der Waals surface area contributed by atoms with Gasteiger partial charge in [0.25, 0.3) is 5.91 Å². The third-order valence-corrected chi connectivity index (χ3v) is 5.96. The number of hydrogen-bond acceptors (Lipinski definition) is 6. The summed E-state index contributed by atoms with van der Waals surface area (Å²) in [5.41, 5.74) is 2.40. The summed E-state index contributed by atoms with van der Waals surface area (Å²) < 4.78 is 17.2. The number of nitrogens with one attached hydrogen (secondary N) is 1. The zero-order valence-electron chi connectivity index (χ0n) is 19.2. The van der Waals surface area contributed by atoms with Crippen molar-refractivity contribution in [3.05, 3.63) is 94.8 Å². The molecule has 5 rings (SSSR count). The molecule has 178 valence electrons. The van der Waals surface area contributed by atoms with Crippen LogP contribution in [0.25, 0.3) is 22.1 Å². The van der Waals surface area contributed by atoms with E-state index in [1.54, 1.807) is 42.5 Å². The summed E-state index contributed by atoms with van der Waals surface area (Å²) in [4.78, 5) is 27.3. The van der Waals surface area contributed by atoms with Gasteiger partial charge in [0.1, 0.15) is 36.6 Å². The van der Waals surface area contributed by atoms with Gasteiger partial charge >= 0.3 is 0 Å². The molecule has 1 aliphatic rings. The van der Waals surface area contributed by atoms with Gasteiger partial charge in [-0.2, -0.15) is 0 Å². The Morgan fingerprint density at radius 3 is 2.31 bits per heavy atom. The van der Waals surface area contributed by atoms with Gasteiger partial charge in [-0.25, -0.2) is 0 Å². The van der Waals surface area contributed by atoms with E-state index in [2.05, 4.69) is 5.32 Å². The Balaban J connectivity index is 1.16. The van der Waals surface area contributed by atoms with Crippen molar-refractivity contribution < 1.29 is 18.7 Å². The van der Waals surface area contributed by atoms with E-state index in [-0.39, 0.29) is 11.3 Å². The highest BCUT2D eigenvalue weighted by molar-refractivity contribution is 5.94. The fourth-order valence-electron chi connectivity index (χ4n) is 4.08. The van der Waals surface area contributed by atoms with Gasteiger partial charge in [-0.05, 0) is 42.0 Å². The van der Waals surface area contributed by atoms with Crippen LogP contribution in [0.1, 0.15) is 10.4 Å². The minimum atomic E-state index is -0.0776. The molecule has 0 saturated carbocycles. The maximum atomic E-state index is 12.9. The van der Waals surface area contributed by atoms with E-state index in [1.807, 2.05) is 35.2 Å².